The van der Waals surface area contributed by atoms with Crippen molar-refractivity contribution in [2.45, 2.75) is 63.2 Å². The normalized spacial score (nSPS) is 15.4. The lowest BCUT2D eigenvalue weighted by molar-refractivity contribution is 0.460. The maximum absolute atomic E-state index is 5.34. The second-order valence-corrected chi connectivity index (χ2v) is 7.49. The van der Waals surface area contributed by atoms with Gasteiger partial charge in [-0.1, -0.05) is 24.6 Å². The van der Waals surface area contributed by atoms with Crippen LogP contribution in [-0.2, 0) is 13.0 Å². The Kier molecular flexibility index (Phi) is 7.62. The number of hydrogen-bond acceptors (Lipinski definition) is 5. The monoisotopic (exact) mass is 390 g/mol. The van der Waals surface area contributed by atoms with Gasteiger partial charge >= 0.3 is 0 Å². The molecule has 0 atom stereocenters. The van der Waals surface area contributed by atoms with Gasteiger partial charge in [-0.15, -0.1) is 10.2 Å². The van der Waals surface area contributed by atoms with Gasteiger partial charge in [-0.25, -0.2) is 4.99 Å². The summed E-state index contributed by atoms with van der Waals surface area (Å²) in [6, 6.07) is 4.40. The van der Waals surface area contributed by atoms with Crippen LogP contribution in [0.15, 0.2) is 33.0 Å². The number of nitrogens with zero attached hydrogens (tertiary/aromatic N) is 4. The van der Waals surface area contributed by atoms with Crippen LogP contribution in [-0.4, -0.2) is 40.1 Å². The minimum absolute atomic E-state index is 0.537. The third kappa shape index (κ3) is 5.51. The van der Waals surface area contributed by atoms with E-state index in [2.05, 4.69) is 43.6 Å². The van der Waals surface area contributed by atoms with Crippen molar-refractivity contribution in [1.29, 1.82) is 0 Å². The van der Waals surface area contributed by atoms with E-state index in [1.54, 1.807) is 18.0 Å². The summed E-state index contributed by atoms with van der Waals surface area (Å²) >= 11 is 1.69. The molecule has 3 rings (SSSR count). The average molecular weight is 391 g/mol. The number of rotatable bonds is 9. The predicted molar refractivity (Wildman–Crippen MR) is 109 cm³/mol. The highest BCUT2D eigenvalue weighted by molar-refractivity contribution is 7.98. The summed E-state index contributed by atoms with van der Waals surface area (Å²) < 4.78 is 7.72. The molecule has 7 nitrogen and oxygen atoms in total. The van der Waals surface area contributed by atoms with Crippen molar-refractivity contribution in [2.24, 2.45) is 4.99 Å². The Labute approximate surface area is 165 Å². The number of guanidine groups is 1. The molecular weight excluding hydrogens is 360 g/mol. The quantitative estimate of drug-likeness (QED) is 0.296. The number of furan rings is 1. The molecule has 1 fully saturated rings. The maximum Gasteiger partial charge on any atom is 0.191 e. The summed E-state index contributed by atoms with van der Waals surface area (Å²) in [5.41, 5.74) is 0. The van der Waals surface area contributed by atoms with Gasteiger partial charge in [0.15, 0.2) is 11.1 Å². The Bertz CT molecular complexity index is 706. The number of nitrogens with one attached hydrogen (secondary N) is 2. The summed E-state index contributed by atoms with van der Waals surface area (Å²) in [7, 11) is 0. The zero-order valence-corrected chi connectivity index (χ0v) is 17.1. The number of aromatic nitrogens is 3. The largest absolute Gasteiger partial charge is 0.467 e. The molecule has 2 heterocycles. The summed E-state index contributed by atoms with van der Waals surface area (Å²) in [4.78, 5) is 4.56. The molecule has 2 N–H and O–H groups in total. The zero-order chi connectivity index (χ0) is 18.9. The van der Waals surface area contributed by atoms with Gasteiger partial charge in [-0.3, -0.25) is 0 Å². The highest BCUT2D eigenvalue weighted by atomic mass is 32.2. The van der Waals surface area contributed by atoms with E-state index < -0.39 is 0 Å². The van der Waals surface area contributed by atoms with Gasteiger partial charge in [0.1, 0.15) is 18.1 Å². The molecule has 1 aliphatic rings. The van der Waals surface area contributed by atoms with Crippen molar-refractivity contribution >= 4 is 17.7 Å². The average Bonchev–Trinajstić information content (AvgIpc) is 3.44. The highest BCUT2D eigenvalue weighted by Gasteiger charge is 2.23. The Balaban J connectivity index is 1.51. The number of thioether (sulfide) groups is 1. The first kappa shape index (κ1) is 19.8. The summed E-state index contributed by atoms with van der Waals surface area (Å²) in [6.45, 7) is 4.28. The maximum atomic E-state index is 5.34. The lowest BCUT2D eigenvalue weighted by atomic mass is 10.2. The van der Waals surface area contributed by atoms with Gasteiger partial charge in [0, 0.05) is 25.6 Å². The molecule has 2 aromatic heterocycles. The van der Waals surface area contributed by atoms with Crippen molar-refractivity contribution in [3.63, 3.8) is 0 Å². The molecule has 148 valence electrons. The third-order valence-corrected chi connectivity index (χ3v) is 5.44. The van der Waals surface area contributed by atoms with Crippen molar-refractivity contribution in [1.82, 2.24) is 25.4 Å². The fraction of sp³-hybridized carbons (Fsp3) is 0.632. The summed E-state index contributed by atoms with van der Waals surface area (Å²) in [6.07, 6.45) is 10.8. The topological polar surface area (TPSA) is 80.3 Å². The molecule has 0 amide bonds. The first-order valence-electron chi connectivity index (χ1n) is 9.84. The van der Waals surface area contributed by atoms with E-state index in [1.807, 2.05) is 12.1 Å². The van der Waals surface area contributed by atoms with E-state index in [0.29, 0.717) is 12.6 Å². The molecule has 1 saturated carbocycles. The van der Waals surface area contributed by atoms with Crippen LogP contribution < -0.4 is 10.6 Å². The molecular formula is C19H30N6OS. The molecule has 2 aromatic rings. The van der Waals surface area contributed by atoms with Crippen LogP contribution in [0.3, 0.4) is 0 Å². The van der Waals surface area contributed by atoms with Crippen LogP contribution in [0.1, 0.15) is 56.7 Å². The number of aliphatic imine (C=N–C) groups is 1. The summed E-state index contributed by atoms with van der Waals surface area (Å²) in [5.74, 6) is 2.79. The van der Waals surface area contributed by atoms with Gasteiger partial charge < -0.3 is 19.6 Å². The van der Waals surface area contributed by atoms with Crippen molar-refractivity contribution < 1.29 is 4.42 Å². The van der Waals surface area contributed by atoms with Gasteiger partial charge in [-0.2, -0.15) is 0 Å². The van der Waals surface area contributed by atoms with E-state index in [9.17, 15) is 0 Å². The van der Waals surface area contributed by atoms with Gasteiger partial charge in [0.25, 0.3) is 0 Å². The lowest BCUT2D eigenvalue weighted by Gasteiger charge is -2.16. The zero-order valence-electron chi connectivity index (χ0n) is 16.3. The van der Waals surface area contributed by atoms with E-state index in [1.165, 1.54) is 25.7 Å². The molecule has 0 saturated heterocycles. The van der Waals surface area contributed by atoms with E-state index in [-0.39, 0.29) is 0 Å². The number of hydrogen-bond donors (Lipinski definition) is 2. The Morgan fingerprint density at radius 1 is 1.33 bits per heavy atom. The van der Waals surface area contributed by atoms with Crippen LogP contribution in [0.4, 0.5) is 0 Å². The fourth-order valence-electron chi connectivity index (χ4n) is 3.50. The minimum Gasteiger partial charge on any atom is -0.467 e. The van der Waals surface area contributed by atoms with Gasteiger partial charge in [0.05, 0.1) is 6.26 Å². The van der Waals surface area contributed by atoms with E-state index in [0.717, 1.165) is 48.6 Å². The summed E-state index contributed by atoms with van der Waals surface area (Å²) in [5, 5.41) is 16.6. The predicted octanol–water partition coefficient (Wildman–Crippen LogP) is 3.40. The van der Waals surface area contributed by atoms with Crippen molar-refractivity contribution in [3.8, 4) is 0 Å². The smallest absolute Gasteiger partial charge is 0.191 e. The number of aryl methyl sites for hydroxylation is 1. The fourth-order valence-corrected chi connectivity index (χ4v) is 4.07. The molecule has 1 aliphatic carbocycles. The highest BCUT2D eigenvalue weighted by Crippen LogP contribution is 2.33. The molecule has 27 heavy (non-hydrogen) atoms. The van der Waals surface area contributed by atoms with Crippen molar-refractivity contribution in [2.75, 3.05) is 19.3 Å². The Morgan fingerprint density at radius 3 is 2.89 bits per heavy atom. The molecule has 8 heteroatoms. The Morgan fingerprint density at radius 2 is 2.19 bits per heavy atom. The SMILES string of the molecule is CCNC(=NCc1ccco1)NCCCc1nnc(SC)n1C1CCCC1. The van der Waals surface area contributed by atoms with Crippen molar-refractivity contribution in [3.05, 3.63) is 30.0 Å². The molecule has 0 spiro atoms. The standard InChI is InChI=1S/C19H30N6OS/c1-3-20-18(22-14-16-10-7-13-26-16)21-12-6-11-17-23-24-19(27-2)25(17)15-8-4-5-9-15/h7,10,13,15H,3-6,8-9,11-12,14H2,1-2H3,(H2,20,21,22). The van der Waals surface area contributed by atoms with Gasteiger partial charge in [0.2, 0.25) is 0 Å². The second kappa shape index (κ2) is 10.4. The van der Waals surface area contributed by atoms with Crippen LogP contribution in [0.25, 0.3) is 0 Å². The molecule has 0 unspecified atom stereocenters. The minimum atomic E-state index is 0.537. The van der Waals surface area contributed by atoms with Gasteiger partial charge in [-0.05, 0) is 44.6 Å². The molecule has 0 bridgehead atoms. The third-order valence-electron chi connectivity index (χ3n) is 4.79. The first-order valence-corrected chi connectivity index (χ1v) is 11.1. The van der Waals surface area contributed by atoms with E-state index in [4.69, 9.17) is 4.42 Å². The molecule has 0 aliphatic heterocycles. The van der Waals surface area contributed by atoms with Crippen LogP contribution in [0.2, 0.25) is 0 Å². The Hall–Kier alpha value is -1.96. The first-order chi connectivity index (χ1) is 13.3. The van der Waals surface area contributed by atoms with E-state index >= 15 is 0 Å². The molecule has 0 radical (unpaired) electrons. The lowest BCUT2D eigenvalue weighted by Crippen LogP contribution is -2.37. The van der Waals surface area contributed by atoms with Crippen LogP contribution >= 0.6 is 11.8 Å². The molecule has 0 aromatic carbocycles. The van der Waals surface area contributed by atoms with Crippen LogP contribution in [0.5, 0.6) is 0 Å². The second-order valence-electron chi connectivity index (χ2n) is 6.72. The van der Waals surface area contributed by atoms with Crippen LogP contribution in [0, 0.1) is 0 Å².